The van der Waals surface area contributed by atoms with E-state index in [0.717, 1.165) is 25.0 Å². The van der Waals surface area contributed by atoms with Crippen LogP contribution in [-0.4, -0.2) is 25.8 Å². The number of carbonyl (C=O) groups excluding carboxylic acids is 1. The third-order valence-corrected chi connectivity index (χ3v) is 2.04. The summed E-state index contributed by atoms with van der Waals surface area (Å²) in [7, 11) is 3.06. The summed E-state index contributed by atoms with van der Waals surface area (Å²) < 4.78 is 4.68. The molecule has 14 heavy (non-hydrogen) atoms. The summed E-state index contributed by atoms with van der Waals surface area (Å²) in [6.45, 7) is 3.93. The highest BCUT2D eigenvalue weighted by Gasteiger charge is 2.11. The number of rotatable bonds is 5. The van der Waals surface area contributed by atoms with Gasteiger partial charge in [0.15, 0.2) is 0 Å². The zero-order valence-corrected chi connectivity index (χ0v) is 9.46. The SMILES string of the molecule is CCCC/C=C(/C(=O)OC)C(C)=NC. The van der Waals surface area contributed by atoms with Gasteiger partial charge in [-0.3, -0.25) is 4.99 Å². The molecule has 0 amide bonds. The van der Waals surface area contributed by atoms with E-state index in [1.165, 1.54) is 7.11 Å². The molecule has 0 atom stereocenters. The van der Waals surface area contributed by atoms with Gasteiger partial charge >= 0.3 is 5.97 Å². The van der Waals surface area contributed by atoms with Crippen LogP contribution in [0.3, 0.4) is 0 Å². The molecule has 80 valence electrons. The fourth-order valence-corrected chi connectivity index (χ4v) is 1.06. The van der Waals surface area contributed by atoms with Crippen LogP contribution in [0.15, 0.2) is 16.6 Å². The number of hydrogen-bond donors (Lipinski definition) is 0. The summed E-state index contributed by atoms with van der Waals surface area (Å²) in [6.07, 6.45) is 5.00. The zero-order chi connectivity index (χ0) is 11.0. The fourth-order valence-electron chi connectivity index (χ4n) is 1.06. The van der Waals surface area contributed by atoms with Crippen LogP contribution in [-0.2, 0) is 9.53 Å². The normalized spacial score (nSPS) is 12.9. The maximum Gasteiger partial charge on any atom is 0.339 e. The Balaban J connectivity index is 4.55. The van der Waals surface area contributed by atoms with Crippen LogP contribution in [0.4, 0.5) is 0 Å². The van der Waals surface area contributed by atoms with E-state index < -0.39 is 0 Å². The lowest BCUT2D eigenvalue weighted by Crippen LogP contribution is -2.12. The quantitative estimate of drug-likeness (QED) is 0.294. The molecule has 0 aliphatic heterocycles. The van der Waals surface area contributed by atoms with Crippen LogP contribution in [0, 0.1) is 0 Å². The molecule has 0 unspecified atom stereocenters. The highest BCUT2D eigenvalue weighted by molar-refractivity contribution is 6.18. The first-order valence-corrected chi connectivity index (χ1v) is 4.89. The fraction of sp³-hybridized carbons (Fsp3) is 0.636. The molecule has 0 saturated carbocycles. The van der Waals surface area contributed by atoms with E-state index in [9.17, 15) is 4.79 Å². The third kappa shape index (κ3) is 4.21. The van der Waals surface area contributed by atoms with Crippen molar-refractivity contribution in [3.63, 3.8) is 0 Å². The maximum atomic E-state index is 11.3. The van der Waals surface area contributed by atoms with Gasteiger partial charge in [0.1, 0.15) is 0 Å². The minimum Gasteiger partial charge on any atom is -0.465 e. The molecule has 0 aliphatic carbocycles. The number of carbonyl (C=O) groups is 1. The van der Waals surface area contributed by atoms with E-state index in [1.807, 2.05) is 13.0 Å². The Bertz CT molecular complexity index is 242. The molecule has 0 N–H and O–H groups in total. The highest BCUT2D eigenvalue weighted by atomic mass is 16.5. The smallest absolute Gasteiger partial charge is 0.339 e. The Morgan fingerprint density at radius 1 is 1.50 bits per heavy atom. The molecule has 0 heterocycles. The second kappa shape index (κ2) is 7.30. The molecule has 0 aromatic rings. The summed E-state index contributed by atoms with van der Waals surface area (Å²) in [4.78, 5) is 15.3. The second-order valence-corrected chi connectivity index (χ2v) is 3.06. The van der Waals surface area contributed by atoms with Gasteiger partial charge < -0.3 is 4.74 Å². The number of hydrogen-bond acceptors (Lipinski definition) is 3. The van der Waals surface area contributed by atoms with Gasteiger partial charge in [0.05, 0.1) is 12.7 Å². The predicted molar refractivity (Wildman–Crippen MR) is 58.7 cm³/mol. The Morgan fingerprint density at radius 2 is 2.14 bits per heavy atom. The van der Waals surface area contributed by atoms with Gasteiger partial charge in [0, 0.05) is 12.8 Å². The van der Waals surface area contributed by atoms with Crippen molar-refractivity contribution < 1.29 is 9.53 Å². The number of esters is 1. The van der Waals surface area contributed by atoms with Crippen molar-refractivity contribution in [2.45, 2.75) is 33.1 Å². The van der Waals surface area contributed by atoms with Crippen LogP contribution in [0.2, 0.25) is 0 Å². The van der Waals surface area contributed by atoms with Crippen molar-refractivity contribution in [2.75, 3.05) is 14.2 Å². The minimum absolute atomic E-state index is 0.302. The number of allylic oxidation sites excluding steroid dienone is 1. The number of aliphatic imine (C=N–C) groups is 1. The van der Waals surface area contributed by atoms with Crippen molar-refractivity contribution >= 4 is 11.7 Å². The van der Waals surface area contributed by atoms with Gasteiger partial charge in [0.25, 0.3) is 0 Å². The molecule has 0 spiro atoms. The maximum absolute atomic E-state index is 11.3. The first kappa shape index (κ1) is 12.9. The standard InChI is InChI=1S/C11H19NO2/c1-5-6-7-8-10(9(2)12-3)11(13)14-4/h8H,5-7H2,1-4H3/b10-8+,12-9?. The van der Waals surface area contributed by atoms with Gasteiger partial charge in [-0.05, 0) is 13.3 Å². The third-order valence-electron chi connectivity index (χ3n) is 2.04. The van der Waals surface area contributed by atoms with Crippen molar-refractivity contribution in [1.82, 2.24) is 0 Å². The Kier molecular flexibility index (Phi) is 6.72. The van der Waals surface area contributed by atoms with Crippen molar-refractivity contribution in [1.29, 1.82) is 0 Å². The van der Waals surface area contributed by atoms with Gasteiger partial charge in [0.2, 0.25) is 0 Å². The molecule has 0 fully saturated rings. The summed E-state index contributed by atoms with van der Waals surface area (Å²) in [5.41, 5.74) is 1.32. The number of nitrogens with zero attached hydrogens (tertiary/aromatic N) is 1. The lowest BCUT2D eigenvalue weighted by Gasteiger charge is -2.04. The second-order valence-electron chi connectivity index (χ2n) is 3.06. The van der Waals surface area contributed by atoms with E-state index in [1.54, 1.807) is 7.05 Å². The van der Waals surface area contributed by atoms with Crippen LogP contribution >= 0.6 is 0 Å². The molecule has 0 saturated heterocycles. The highest BCUT2D eigenvalue weighted by Crippen LogP contribution is 2.05. The minimum atomic E-state index is -0.302. The van der Waals surface area contributed by atoms with Crippen molar-refractivity contribution in [3.05, 3.63) is 11.6 Å². The lowest BCUT2D eigenvalue weighted by molar-refractivity contribution is -0.135. The van der Waals surface area contributed by atoms with Gasteiger partial charge in [-0.15, -0.1) is 0 Å². The summed E-state index contributed by atoms with van der Waals surface area (Å²) in [6, 6.07) is 0. The van der Waals surface area contributed by atoms with E-state index in [-0.39, 0.29) is 5.97 Å². The molecule has 3 heteroatoms. The van der Waals surface area contributed by atoms with E-state index in [4.69, 9.17) is 0 Å². The first-order chi connectivity index (χ1) is 6.67. The van der Waals surface area contributed by atoms with Crippen molar-refractivity contribution in [2.24, 2.45) is 4.99 Å². The molecule has 0 aromatic heterocycles. The van der Waals surface area contributed by atoms with Gasteiger partial charge in [-0.2, -0.15) is 0 Å². The Hall–Kier alpha value is -1.12. The predicted octanol–water partition coefficient (Wildman–Crippen LogP) is 2.37. The van der Waals surface area contributed by atoms with E-state index in [2.05, 4.69) is 16.7 Å². The van der Waals surface area contributed by atoms with Crippen LogP contribution < -0.4 is 0 Å². The largest absolute Gasteiger partial charge is 0.465 e. The number of methoxy groups -OCH3 is 1. The molecule has 0 radical (unpaired) electrons. The van der Waals surface area contributed by atoms with Crippen LogP contribution in [0.5, 0.6) is 0 Å². The number of unbranched alkanes of at least 4 members (excludes halogenated alkanes) is 2. The Labute approximate surface area is 85.9 Å². The summed E-state index contributed by atoms with van der Waals surface area (Å²) in [5, 5.41) is 0. The zero-order valence-electron chi connectivity index (χ0n) is 9.46. The molecule has 0 bridgehead atoms. The monoisotopic (exact) mass is 197 g/mol. The molecule has 0 aliphatic rings. The molecular weight excluding hydrogens is 178 g/mol. The lowest BCUT2D eigenvalue weighted by atomic mass is 10.1. The molecule has 0 aromatic carbocycles. The number of ether oxygens (including phenoxy) is 1. The van der Waals surface area contributed by atoms with Crippen LogP contribution in [0.25, 0.3) is 0 Å². The van der Waals surface area contributed by atoms with Gasteiger partial charge in [-0.1, -0.05) is 25.8 Å². The molecule has 0 rings (SSSR count). The van der Waals surface area contributed by atoms with Gasteiger partial charge in [-0.25, -0.2) is 4.79 Å². The van der Waals surface area contributed by atoms with E-state index >= 15 is 0 Å². The van der Waals surface area contributed by atoms with E-state index in [0.29, 0.717) is 5.57 Å². The Morgan fingerprint density at radius 3 is 2.57 bits per heavy atom. The topological polar surface area (TPSA) is 38.7 Å². The molecule has 3 nitrogen and oxygen atoms in total. The van der Waals surface area contributed by atoms with Crippen molar-refractivity contribution in [3.8, 4) is 0 Å². The summed E-state index contributed by atoms with van der Waals surface area (Å²) >= 11 is 0. The van der Waals surface area contributed by atoms with Crippen LogP contribution in [0.1, 0.15) is 33.1 Å². The average molecular weight is 197 g/mol. The first-order valence-electron chi connectivity index (χ1n) is 4.89. The summed E-state index contributed by atoms with van der Waals surface area (Å²) in [5.74, 6) is -0.302. The molecular formula is C11H19NO2. The average Bonchev–Trinajstić information content (AvgIpc) is 2.22.